The van der Waals surface area contributed by atoms with Crippen LogP contribution in [0.3, 0.4) is 0 Å². The van der Waals surface area contributed by atoms with E-state index in [-0.39, 0.29) is 10.6 Å². The molecule has 0 bridgehead atoms. The Balaban J connectivity index is 2.09. The lowest BCUT2D eigenvalue weighted by molar-refractivity contribution is 1.07. The summed E-state index contributed by atoms with van der Waals surface area (Å²) in [5.74, 6) is 0. The van der Waals surface area contributed by atoms with E-state index < -0.39 is 0 Å². The van der Waals surface area contributed by atoms with Crippen LogP contribution in [0.5, 0.6) is 0 Å². The molecule has 0 N–H and O–H groups in total. The topological polar surface area (TPSA) is 34.4 Å². The van der Waals surface area contributed by atoms with E-state index in [0.29, 0.717) is 10.7 Å². The molecule has 0 unspecified atom stereocenters. The summed E-state index contributed by atoms with van der Waals surface area (Å²) in [6.07, 6.45) is 5.42. The van der Waals surface area contributed by atoms with E-state index in [9.17, 15) is 4.79 Å². The zero-order valence-electron chi connectivity index (χ0n) is 11.6. The number of hydrogen-bond donors (Lipinski definition) is 0. The summed E-state index contributed by atoms with van der Waals surface area (Å²) in [5.41, 5.74) is 3.72. The highest BCUT2D eigenvalue weighted by atomic mass is 35.5. The standard InChI is InChI=1S/C16H13ClN2OS/c1-10-3-4-11(2)12(9-10)5-6-13-14(17)15(20)19-7-8-21-16(19)18-13/h3-9H,1-2H3. The summed E-state index contributed by atoms with van der Waals surface area (Å²) in [4.78, 5) is 17.2. The molecule has 0 fully saturated rings. The zero-order valence-corrected chi connectivity index (χ0v) is 13.2. The molecule has 5 heteroatoms. The molecule has 0 amide bonds. The Labute approximate surface area is 131 Å². The normalized spacial score (nSPS) is 11.6. The highest BCUT2D eigenvalue weighted by Gasteiger charge is 2.09. The van der Waals surface area contributed by atoms with Crippen molar-refractivity contribution < 1.29 is 0 Å². The zero-order chi connectivity index (χ0) is 15.0. The summed E-state index contributed by atoms with van der Waals surface area (Å²) >= 11 is 7.53. The number of fused-ring (bicyclic) bond motifs is 1. The Morgan fingerprint density at radius 1 is 1.29 bits per heavy atom. The molecular formula is C16H13ClN2OS. The van der Waals surface area contributed by atoms with Crippen molar-refractivity contribution in [2.45, 2.75) is 13.8 Å². The van der Waals surface area contributed by atoms with Crippen LogP contribution >= 0.6 is 22.9 Å². The first-order valence-corrected chi connectivity index (χ1v) is 7.73. The maximum absolute atomic E-state index is 12.1. The van der Waals surface area contributed by atoms with Crippen LogP contribution in [0, 0.1) is 13.8 Å². The Kier molecular flexibility index (Phi) is 3.66. The summed E-state index contributed by atoms with van der Waals surface area (Å²) in [6.45, 7) is 4.09. The lowest BCUT2D eigenvalue weighted by atomic mass is 10.1. The van der Waals surface area contributed by atoms with Crippen molar-refractivity contribution >= 4 is 40.1 Å². The number of nitrogens with zero attached hydrogens (tertiary/aromatic N) is 2. The van der Waals surface area contributed by atoms with Gasteiger partial charge < -0.3 is 0 Å². The molecule has 0 aliphatic heterocycles. The molecule has 3 nitrogen and oxygen atoms in total. The molecule has 2 heterocycles. The third-order valence-corrected chi connectivity index (χ3v) is 4.40. The first-order valence-electron chi connectivity index (χ1n) is 6.47. The number of thiazole rings is 1. The van der Waals surface area contributed by atoms with Crippen molar-refractivity contribution in [3.05, 3.63) is 67.5 Å². The second-order valence-corrected chi connectivity index (χ2v) is 6.12. The average Bonchev–Trinajstić information content (AvgIpc) is 2.93. The quantitative estimate of drug-likeness (QED) is 0.710. The van der Waals surface area contributed by atoms with E-state index in [1.165, 1.54) is 26.9 Å². The van der Waals surface area contributed by atoms with Gasteiger partial charge in [-0.05, 0) is 31.1 Å². The van der Waals surface area contributed by atoms with Crippen LogP contribution in [0.4, 0.5) is 0 Å². The van der Waals surface area contributed by atoms with Gasteiger partial charge in [0.2, 0.25) is 0 Å². The number of benzene rings is 1. The van der Waals surface area contributed by atoms with Gasteiger partial charge in [-0.15, -0.1) is 11.3 Å². The van der Waals surface area contributed by atoms with Crippen molar-refractivity contribution in [1.82, 2.24) is 9.38 Å². The smallest absolute Gasteiger partial charge is 0.267 e. The van der Waals surface area contributed by atoms with Crippen molar-refractivity contribution in [2.75, 3.05) is 0 Å². The molecule has 106 valence electrons. The van der Waals surface area contributed by atoms with Gasteiger partial charge in [-0.3, -0.25) is 9.20 Å². The molecule has 0 saturated heterocycles. The maximum Gasteiger partial charge on any atom is 0.277 e. The molecule has 0 radical (unpaired) electrons. The molecule has 2 aromatic heterocycles. The van der Waals surface area contributed by atoms with Gasteiger partial charge >= 0.3 is 0 Å². The van der Waals surface area contributed by atoms with Gasteiger partial charge in [0.25, 0.3) is 5.56 Å². The first kappa shape index (κ1) is 14.0. The second-order valence-electron chi connectivity index (χ2n) is 4.87. The number of halogens is 1. The molecule has 0 spiro atoms. The molecule has 0 aliphatic rings. The molecule has 0 saturated carbocycles. The van der Waals surface area contributed by atoms with Gasteiger partial charge in [0.15, 0.2) is 4.96 Å². The average molecular weight is 317 g/mol. The first-order chi connectivity index (χ1) is 10.1. The van der Waals surface area contributed by atoms with Crippen molar-refractivity contribution in [3.63, 3.8) is 0 Å². The minimum Gasteiger partial charge on any atom is -0.267 e. The summed E-state index contributed by atoms with van der Waals surface area (Å²) < 4.78 is 1.46. The second kappa shape index (κ2) is 5.47. The van der Waals surface area contributed by atoms with Crippen LogP contribution < -0.4 is 5.56 Å². The molecule has 21 heavy (non-hydrogen) atoms. The van der Waals surface area contributed by atoms with Gasteiger partial charge in [0, 0.05) is 11.6 Å². The Bertz CT molecular complexity index is 908. The highest BCUT2D eigenvalue weighted by molar-refractivity contribution is 7.15. The highest BCUT2D eigenvalue weighted by Crippen LogP contribution is 2.18. The van der Waals surface area contributed by atoms with Crippen molar-refractivity contribution in [1.29, 1.82) is 0 Å². The molecule has 1 aromatic carbocycles. The van der Waals surface area contributed by atoms with E-state index in [1.54, 1.807) is 12.3 Å². The van der Waals surface area contributed by atoms with Crippen LogP contribution in [0.2, 0.25) is 5.02 Å². The van der Waals surface area contributed by atoms with Crippen LogP contribution in [0.1, 0.15) is 22.4 Å². The lowest BCUT2D eigenvalue weighted by Gasteiger charge is -2.02. The number of hydrogen-bond acceptors (Lipinski definition) is 3. The largest absolute Gasteiger partial charge is 0.277 e. The maximum atomic E-state index is 12.1. The Morgan fingerprint density at radius 2 is 2.10 bits per heavy atom. The molecule has 3 rings (SSSR count). The van der Waals surface area contributed by atoms with Crippen molar-refractivity contribution in [2.24, 2.45) is 0 Å². The van der Waals surface area contributed by atoms with Gasteiger partial charge in [-0.1, -0.05) is 41.4 Å². The summed E-state index contributed by atoms with van der Waals surface area (Å²) in [7, 11) is 0. The summed E-state index contributed by atoms with van der Waals surface area (Å²) in [5, 5.41) is 1.96. The summed E-state index contributed by atoms with van der Waals surface area (Å²) in [6, 6.07) is 6.24. The van der Waals surface area contributed by atoms with Gasteiger partial charge in [-0.2, -0.15) is 0 Å². The van der Waals surface area contributed by atoms with Gasteiger partial charge in [0.05, 0.1) is 5.69 Å². The predicted molar refractivity (Wildman–Crippen MR) is 89.2 cm³/mol. The third kappa shape index (κ3) is 2.64. The van der Waals surface area contributed by atoms with E-state index in [2.05, 4.69) is 23.2 Å². The molecular weight excluding hydrogens is 304 g/mol. The van der Waals surface area contributed by atoms with E-state index >= 15 is 0 Å². The fraction of sp³-hybridized carbons (Fsp3) is 0.125. The van der Waals surface area contributed by atoms with Gasteiger partial charge in [-0.25, -0.2) is 4.98 Å². The molecule has 0 aliphatic carbocycles. The Morgan fingerprint density at radius 3 is 2.90 bits per heavy atom. The molecule has 3 aromatic rings. The molecule has 0 atom stereocenters. The van der Waals surface area contributed by atoms with Crippen LogP contribution in [-0.2, 0) is 0 Å². The fourth-order valence-electron chi connectivity index (χ4n) is 2.09. The van der Waals surface area contributed by atoms with Crippen molar-refractivity contribution in [3.8, 4) is 0 Å². The van der Waals surface area contributed by atoms with Crippen LogP contribution in [0.25, 0.3) is 17.1 Å². The van der Waals surface area contributed by atoms with Crippen LogP contribution in [-0.4, -0.2) is 9.38 Å². The fourth-order valence-corrected chi connectivity index (χ4v) is 3.00. The minimum atomic E-state index is -0.233. The van der Waals surface area contributed by atoms with Gasteiger partial charge in [0.1, 0.15) is 5.02 Å². The number of rotatable bonds is 2. The Hall–Kier alpha value is -1.91. The minimum absolute atomic E-state index is 0.146. The van der Waals surface area contributed by atoms with E-state index in [0.717, 1.165) is 5.56 Å². The van der Waals surface area contributed by atoms with E-state index in [1.807, 2.05) is 25.3 Å². The lowest BCUT2D eigenvalue weighted by Crippen LogP contribution is -2.14. The monoisotopic (exact) mass is 316 g/mol. The number of aromatic nitrogens is 2. The van der Waals surface area contributed by atoms with E-state index in [4.69, 9.17) is 11.6 Å². The number of aryl methyl sites for hydroxylation is 2. The third-order valence-electron chi connectivity index (χ3n) is 3.29. The van der Waals surface area contributed by atoms with Crippen LogP contribution in [0.15, 0.2) is 34.6 Å². The predicted octanol–water partition coefficient (Wildman–Crippen LogP) is 4.20. The SMILES string of the molecule is Cc1ccc(C)c(C=Cc2nc3sccn3c(=O)c2Cl)c1.